The lowest BCUT2D eigenvalue weighted by Crippen LogP contribution is -2.40. The molecule has 16 heteroatoms. The van der Waals surface area contributed by atoms with E-state index in [2.05, 4.69) is 35.1 Å². The summed E-state index contributed by atoms with van der Waals surface area (Å²) in [5.74, 6) is -0.251. The summed E-state index contributed by atoms with van der Waals surface area (Å²) in [7, 11) is 0. The van der Waals surface area contributed by atoms with Crippen molar-refractivity contribution >= 4 is 16.9 Å². The summed E-state index contributed by atoms with van der Waals surface area (Å²) < 4.78 is 3.26. The summed E-state index contributed by atoms with van der Waals surface area (Å²) in [6.45, 7) is -0.837. The van der Waals surface area contributed by atoms with Crippen LogP contribution in [0, 0.1) is 0 Å². The maximum Gasteiger partial charge on any atom is 0.332 e. The molecule has 0 unspecified atom stereocenters. The van der Waals surface area contributed by atoms with E-state index in [0.29, 0.717) is 12.8 Å². The summed E-state index contributed by atoms with van der Waals surface area (Å²) in [5, 5.41) is 9.92. The van der Waals surface area contributed by atoms with Crippen LogP contribution in [0.5, 0.6) is 0 Å². The molecule has 0 saturated heterocycles. The van der Waals surface area contributed by atoms with Gasteiger partial charge in [0.2, 0.25) is 0 Å². The van der Waals surface area contributed by atoms with Crippen molar-refractivity contribution in [1.29, 1.82) is 0 Å². The Kier molecular flexibility index (Phi) is 7.39. The van der Waals surface area contributed by atoms with Crippen molar-refractivity contribution < 1.29 is 4.79 Å². The van der Waals surface area contributed by atoms with Crippen LogP contribution in [0.4, 0.5) is 0 Å². The third-order valence-electron chi connectivity index (χ3n) is 3.93. The lowest BCUT2D eigenvalue weighted by Gasteiger charge is -2.10. The van der Waals surface area contributed by atoms with Crippen LogP contribution in [0.25, 0.3) is 42.5 Å². The quantitative estimate of drug-likeness (QED) is 0.238. The highest BCUT2D eigenvalue weighted by molar-refractivity contribution is 5.80. The van der Waals surface area contributed by atoms with Gasteiger partial charge in [-0.15, -0.1) is 0 Å². The summed E-state index contributed by atoms with van der Waals surface area (Å²) in [5.41, 5.74) is 23.9. The largest absolute Gasteiger partial charge is 0.332 e. The summed E-state index contributed by atoms with van der Waals surface area (Å²) in [4.78, 5) is 48.8. The number of Topliss-reactive ketones (excluding diaryl/α,β-unsaturated/α-hetero) is 1. The van der Waals surface area contributed by atoms with Crippen LogP contribution in [-0.2, 0) is 24.7 Å². The van der Waals surface area contributed by atoms with E-state index < -0.39 is 11.2 Å². The molecule has 0 aliphatic rings. The highest BCUT2D eigenvalue weighted by Crippen LogP contribution is 2.08. The Morgan fingerprint density at radius 3 is 2.38 bits per heavy atom. The Morgan fingerprint density at radius 2 is 1.69 bits per heavy atom. The predicted molar refractivity (Wildman–Crippen MR) is 99.4 cm³/mol. The maximum atomic E-state index is 12.8. The summed E-state index contributed by atoms with van der Waals surface area (Å²) in [6.07, 6.45) is 2.08. The van der Waals surface area contributed by atoms with Crippen molar-refractivity contribution in [3.8, 4) is 0 Å². The third-order valence-corrected chi connectivity index (χ3v) is 3.93. The van der Waals surface area contributed by atoms with Crippen molar-refractivity contribution in [2.45, 2.75) is 39.1 Å². The Bertz CT molecular complexity index is 1170. The van der Waals surface area contributed by atoms with Gasteiger partial charge in [0, 0.05) is 27.7 Å². The zero-order valence-corrected chi connectivity index (χ0v) is 15.1. The fourth-order valence-electron chi connectivity index (χ4n) is 2.64. The minimum Gasteiger partial charge on any atom is -0.319 e. The number of ketones is 1. The number of rotatable bonds is 11. The summed E-state index contributed by atoms with van der Waals surface area (Å²) >= 11 is 0. The van der Waals surface area contributed by atoms with E-state index in [0.717, 1.165) is 9.13 Å². The molecular formula is C13H15N13O3. The van der Waals surface area contributed by atoms with Gasteiger partial charge >= 0.3 is 5.69 Å². The highest BCUT2D eigenvalue weighted by atomic mass is 16.2. The zero-order chi connectivity index (χ0) is 21.2. The van der Waals surface area contributed by atoms with Crippen LogP contribution in [0.15, 0.2) is 31.3 Å². The van der Waals surface area contributed by atoms with E-state index in [-0.39, 0.29) is 49.8 Å². The van der Waals surface area contributed by atoms with E-state index >= 15 is 0 Å². The van der Waals surface area contributed by atoms with E-state index in [1.54, 1.807) is 0 Å². The first kappa shape index (κ1) is 21.1. The van der Waals surface area contributed by atoms with Crippen LogP contribution in [0.2, 0.25) is 0 Å². The Labute approximate surface area is 160 Å². The average molecular weight is 401 g/mol. The van der Waals surface area contributed by atoms with Gasteiger partial charge in [-0.25, -0.2) is 9.78 Å². The molecule has 0 amide bonds. The molecule has 0 aliphatic heterocycles. The molecule has 0 N–H and O–H groups in total. The Hall–Kier alpha value is -4.25. The molecule has 29 heavy (non-hydrogen) atoms. The number of carbonyl (C=O) groups is 1. The number of aromatic nitrogens is 4. The molecule has 2 aromatic heterocycles. The fraction of sp³-hybridized carbons (Fsp3) is 0.538. The van der Waals surface area contributed by atoms with Crippen molar-refractivity contribution in [2.24, 2.45) is 15.3 Å². The first-order chi connectivity index (χ1) is 14.0. The predicted octanol–water partition coefficient (Wildman–Crippen LogP) is 1.95. The molecule has 0 radical (unpaired) electrons. The molecule has 0 aromatic carbocycles. The zero-order valence-electron chi connectivity index (χ0n) is 15.1. The fourth-order valence-corrected chi connectivity index (χ4v) is 2.64. The summed E-state index contributed by atoms with van der Waals surface area (Å²) in [6, 6.07) is 0. The van der Waals surface area contributed by atoms with Gasteiger partial charge in [0.05, 0.1) is 12.9 Å². The Morgan fingerprint density at radius 1 is 1.00 bits per heavy atom. The van der Waals surface area contributed by atoms with Gasteiger partial charge in [0.25, 0.3) is 5.56 Å². The van der Waals surface area contributed by atoms with Crippen LogP contribution in [-0.4, -0.2) is 31.0 Å². The van der Waals surface area contributed by atoms with Gasteiger partial charge in [0.15, 0.2) is 11.2 Å². The number of fused-ring (bicyclic) bond motifs is 1. The lowest BCUT2D eigenvalue weighted by molar-refractivity contribution is -0.117. The van der Waals surface area contributed by atoms with Crippen LogP contribution in [0.3, 0.4) is 0 Å². The minimum absolute atomic E-state index is 0.00123. The maximum absolute atomic E-state index is 12.8. The van der Waals surface area contributed by atoms with Gasteiger partial charge in [-0.2, -0.15) is 0 Å². The number of unbranched alkanes of at least 4 members (excludes halogenated alkanes) is 1. The number of nitrogens with zero attached hydrogens (tertiary/aromatic N) is 13. The highest BCUT2D eigenvalue weighted by Gasteiger charge is 2.17. The Balaban J connectivity index is 2.37. The van der Waals surface area contributed by atoms with E-state index in [9.17, 15) is 14.4 Å². The number of hydrogen-bond acceptors (Lipinski definition) is 7. The molecule has 0 atom stereocenters. The second kappa shape index (κ2) is 10.2. The smallest absolute Gasteiger partial charge is 0.319 e. The van der Waals surface area contributed by atoms with Gasteiger partial charge in [-0.05, 0) is 29.4 Å². The number of hydrogen-bond donors (Lipinski definition) is 0. The van der Waals surface area contributed by atoms with Gasteiger partial charge in [-0.3, -0.25) is 18.7 Å². The van der Waals surface area contributed by atoms with Crippen LogP contribution in [0.1, 0.15) is 19.3 Å². The van der Waals surface area contributed by atoms with Gasteiger partial charge < -0.3 is 4.57 Å². The molecule has 0 spiro atoms. The number of imidazole rings is 1. The molecule has 0 aliphatic carbocycles. The number of carbonyl (C=O) groups excluding carboxylic acids is 1. The third kappa shape index (κ3) is 4.93. The molecule has 0 fully saturated rings. The second-order valence-corrected chi connectivity index (χ2v) is 5.68. The second-order valence-electron chi connectivity index (χ2n) is 5.68. The molecule has 0 bridgehead atoms. The SMILES string of the molecule is [N-]=[N+]=NCC(=O)CCCCn1c(=O)c2c(ncn2CN=[N+]=[N-])n(CN=[N+]=[N-])c1=O. The van der Waals surface area contributed by atoms with Crippen molar-refractivity contribution in [1.82, 2.24) is 18.7 Å². The van der Waals surface area contributed by atoms with E-state index in [1.807, 2.05) is 0 Å². The molecule has 16 nitrogen and oxygen atoms in total. The van der Waals surface area contributed by atoms with Crippen molar-refractivity contribution in [2.75, 3.05) is 6.54 Å². The first-order valence-electron chi connectivity index (χ1n) is 8.27. The standard InChI is InChI=1S/C13H15N13O3/c14-21-18-5-9(27)3-1-2-4-25-12(28)10-11(17-6-24(10)7-19-22-15)26(13(25)29)8-20-23-16/h6H,1-5,7-8H2. The van der Waals surface area contributed by atoms with Crippen molar-refractivity contribution in [3.63, 3.8) is 0 Å². The minimum atomic E-state index is -0.718. The lowest BCUT2D eigenvalue weighted by atomic mass is 10.2. The van der Waals surface area contributed by atoms with E-state index in [1.165, 1.54) is 10.9 Å². The molecule has 2 aromatic rings. The monoisotopic (exact) mass is 401 g/mol. The molecule has 2 rings (SSSR count). The van der Waals surface area contributed by atoms with E-state index in [4.69, 9.17) is 16.6 Å². The van der Waals surface area contributed by atoms with Crippen LogP contribution >= 0.6 is 0 Å². The van der Waals surface area contributed by atoms with Gasteiger partial charge in [0.1, 0.15) is 19.1 Å². The normalized spacial score (nSPS) is 10.1. The topological polar surface area (TPSA) is 225 Å². The molecule has 0 saturated carbocycles. The molecular weight excluding hydrogens is 386 g/mol. The average Bonchev–Trinajstić information content (AvgIpc) is 3.13. The van der Waals surface area contributed by atoms with Crippen LogP contribution < -0.4 is 11.2 Å². The molecule has 2 heterocycles. The first-order valence-corrected chi connectivity index (χ1v) is 8.27. The number of azide groups is 3. The van der Waals surface area contributed by atoms with Crippen molar-refractivity contribution in [3.05, 3.63) is 58.5 Å². The molecule has 150 valence electrons. The van der Waals surface area contributed by atoms with Gasteiger partial charge in [-0.1, -0.05) is 15.3 Å².